The van der Waals surface area contributed by atoms with E-state index >= 15 is 0 Å². The Bertz CT molecular complexity index is 595. The number of amides is 1. The third-order valence-corrected chi connectivity index (χ3v) is 3.40. The highest BCUT2D eigenvalue weighted by Gasteiger charge is 2.17. The first-order chi connectivity index (χ1) is 10.6. The molecule has 0 bridgehead atoms. The first kappa shape index (κ1) is 15.9. The highest BCUT2D eigenvalue weighted by atomic mass is 16.5. The van der Waals surface area contributed by atoms with Gasteiger partial charge in [0.1, 0.15) is 11.5 Å². The number of benzene rings is 2. The number of para-hydroxylation sites is 1. The molecule has 4 heteroatoms. The maximum Gasteiger partial charge on any atom is 0.261 e. The molecule has 0 aliphatic rings. The molecule has 2 aromatic carbocycles. The van der Waals surface area contributed by atoms with Gasteiger partial charge >= 0.3 is 0 Å². The molecular formula is C18H21NO3. The van der Waals surface area contributed by atoms with Crippen molar-refractivity contribution in [1.82, 2.24) is 5.32 Å². The molecule has 0 spiro atoms. The van der Waals surface area contributed by atoms with Gasteiger partial charge in [-0.05, 0) is 43.7 Å². The molecule has 1 amide bonds. The van der Waals surface area contributed by atoms with Crippen LogP contribution in [0.25, 0.3) is 0 Å². The number of carbonyl (C=O) groups is 1. The Morgan fingerprint density at radius 3 is 2.18 bits per heavy atom. The first-order valence-electron chi connectivity index (χ1n) is 7.26. The van der Waals surface area contributed by atoms with Crippen molar-refractivity contribution in [3.63, 3.8) is 0 Å². The second-order valence-electron chi connectivity index (χ2n) is 5.08. The van der Waals surface area contributed by atoms with Crippen molar-refractivity contribution in [2.75, 3.05) is 7.11 Å². The number of rotatable bonds is 6. The Kier molecular flexibility index (Phi) is 5.42. The summed E-state index contributed by atoms with van der Waals surface area (Å²) in [7, 11) is 1.63. The topological polar surface area (TPSA) is 47.6 Å². The van der Waals surface area contributed by atoms with Gasteiger partial charge in [0, 0.05) is 0 Å². The van der Waals surface area contributed by atoms with E-state index in [2.05, 4.69) is 5.32 Å². The molecule has 116 valence electrons. The smallest absolute Gasteiger partial charge is 0.261 e. The van der Waals surface area contributed by atoms with Gasteiger partial charge in [0.2, 0.25) is 0 Å². The maximum atomic E-state index is 12.2. The van der Waals surface area contributed by atoms with Crippen molar-refractivity contribution in [1.29, 1.82) is 0 Å². The number of hydrogen-bond acceptors (Lipinski definition) is 3. The SMILES string of the molecule is COc1ccc([C@@H](C)NC(=O)[C@H](C)Oc2ccccc2)cc1. The van der Waals surface area contributed by atoms with Crippen LogP contribution in [0.3, 0.4) is 0 Å². The van der Waals surface area contributed by atoms with Crippen molar-refractivity contribution in [3.8, 4) is 11.5 Å². The number of ether oxygens (including phenoxy) is 2. The quantitative estimate of drug-likeness (QED) is 0.890. The fraction of sp³-hybridized carbons (Fsp3) is 0.278. The minimum Gasteiger partial charge on any atom is -0.497 e. The molecule has 0 aromatic heterocycles. The van der Waals surface area contributed by atoms with Crippen molar-refractivity contribution in [2.24, 2.45) is 0 Å². The molecule has 0 saturated heterocycles. The number of methoxy groups -OCH3 is 1. The van der Waals surface area contributed by atoms with Crippen molar-refractivity contribution < 1.29 is 14.3 Å². The van der Waals surface area contributed by atoms with Crippen molar-refractivity contribution in [3.05, 3.63) is 60.2 Å². The highest BCUT2D eigenvalue weighted by Crippen LogP contribution is 2.18. The van der Waals surface area contributed by atoms with E-state index in [-0.39, 0.29) is 11.9 Å². The van der Waals surface area contributed by atoms with Gasteiger partial charge in [-0.3, -0.25) is 4.79 Å². The van der Waals surface area contributed by atoms with Crippen LogP contribution in [0.4, 0.5) is 0 Å². The van der Waals surface area contributed by atoms with Crippen LogP contribution in [-0.2, 0) is 4.79 Å². The van der Waals surface area contributed by atoms with E-state index in [0.29, 0.717) is 5.75 Å². The van der Waals surface area contributed by atoms with Crippen LogP contribution in [0.2, 0.25) is 0 Å². The molecule has 22 heavy (non-hydrogen) atoms. The van der Waals surface area contributed by atoms with Gasteiger partial charge in [0.05, 0.1) is 13.2 Å². The van der Waals surface area contributed by atoms with Crippen molar-refractivity contribution in [2.45, 2.75) is 26.0 Å². The van der Waals surface area contributed by atoms with Gasteiger partial charge < -0.3 is 14.8 Å². The molecule has 0 fully saturated rings. The fourth-order valence-corrected chi connectivity index (χ4v) is 2.06. The van der Waals surface area contributed by atoms with E-state index < -0.39 is 6.10 Å². The van der Waals surface area contributed by atoms with Crippen LogP contribution in [0.15, 0.2) is 54.6 Å². The Morgan fingerprint density at radius 2 is 1.59 bits per heavy atom. The molecule has 4 nitrogen and oxygen atoms in total. The number of nitrogens with one attached hydrogen (secondary N) is 1. The van der Waals surface area contributed by atoms with Crippen LogP contribution in [0.1, 0.15) is 25.5 Å². The monoisotopic (exact) mass is 299 g/mol. The Hall–Kier alpha value is -2.49. The average Bonchev–Trinajstić information content (AvgIpc) is 2.55. The predicted molar refractivity (Wildman–Crippen MR) is 86.1 cm³/mol. The molecule has 2 atom stereocenters. The Morgan fingerprint density at radius 1 is 0.955 bits per heavy atom. The summed E-state index contributed by atoms with van der Waals surface area (Å²) in [4.78, 5) is 12.2. The fourth-order valence-electron chi connectivity index (χ4n) is 2.06. The van der Waals surface area contributed by atoms with Crippen LogP contribution in [0.5, 0.6) is 11.5 Å². The summed E-state index contributed by atoms with van der Waals surface area (Å²) in [5.74, 6) is 1.33. The Labute approximate surface area is 131 Å². The molecule has 0 radical (unpaired) electrons. The predicted octanol–water partition coefficient (Wildman–Crippen LogP) is 3.34. The van der Waals surface area contributed by atoms with Gasteiger partial charge in [0.25, 0.3) is 5.91 Å². The normalized spacial score (nSPS) is 13.0. The zero-order valence-electron chi connectivity index (χ0n) is 13.1. The minimum absolute atomic E-state index is 0.0970. The molecule has 0 unspecified atom stereocenters. The van der Waals surface area contributed by atoms with E-state index in [4.69, 9.17) is 9.47 Å². The number of hydrogen-bond donors (Lipinski definition) is 1. The molecule has 2 aromatic rings. The average molecular weight is 299 g/mol. The lowest BCUT2D eigenvalue weighted by Crippen LogP contribution is -2.37. The zero-order chi connectivity index (χ0) is 15.9. The molecular weight excluding hydrogens is 278 g/mol. The first-order valence-corrected chi connectivity index (χ1v) is 7.26. The van der Waals surface area contributed by atoms with E-state index in [1.807, 2.05) is 61.5 Å². The molecule has 1 N–H and O–H groups in total. The van der Waals surface area contributed by atoms with E-state index in [1.165, 1.54) is 0 Å². The Balaban J connectivity index is 1.92. The third-order valence-electron chi connectivity index (χ3n) is 3.40. The van der Waals surface area contributed by atoms with Gasteiger partial charge in [-0.15, -0.1) is 0 Å². The molecule has 0 aliphatic heterocycles. The van der Waals surface area contributed by atoms with Gasteiger partial charge in [-0.25, -0.2) is 0 Å². The second-order valence-corrected chi connectivity index (χ2v) is 5.08. The molecule has 0 aliphatic carbocycles. The third kappa shape index (κ3) is 4.25. The summed E-state index contributed by atoms with van der Waals surface area (Å²) in [6.07, 6.45) is -0.553. The van der Waals surface area contributed by atoms with E-state index in [1.54, 1.807) is 14.0 Å². The summed E-state index contributed by atoms with van der Waals surface area (Å²) >= 11 is 0. The largest absolute Gasteiger partial charge is 0.497 e. The molecule has 0 heterocycles. The molecule has 2 rings (SSSR count). The summed E-state index contributed by atoms with van der Waals surface area (Å²) in [5, 5.41) is 2.95. The van der Waals surface area contributed by atoms with Gasteiger partial charge in [0.15, 0.2) is 6.10 Å². The summed E-state index contributed by atoms with van der Waals surface area (Å²) in [6.45, 7) is 3.68. The van der Waals surface area contributed by atoms with Crippen LogP contribution < -0.4 is 14.8 Å². The summed E-state index contributed by atoms with van der Waals surface area (Å²) in [6, 6.07) is 16.8. The second kappa shape index (κ2) is 7.50. The lowest BCUT2D eigenvalue weighted by atomic mass is 10.1. The standard InChI is InChI=1S/C18H21NO3/c1-13(15-9-11-16(21-3)12-10-15)19-18(20)14(2)22-17-7-5-4-6-8-17/h4-14H,1-3H3,(H,19,20)/t13-,14+/m1/s1. The zero-order valence-corrected chi connectivity index (χ0v) is 13.1. The summed E-state index contributed by atoms with van der Waals surface area (Å²) < 4.78 is 10.7. The van der Waals surface area contributed by atoms with E-state index in [0.717, 1.165) is 11.3 Å². The van der Waals surface area contributed by atoms with Crippen LogP contribution in [-0.4, -0.2) is 19.1 Å². The van der Waals surface area contributed by atoms with Gasteiger partial charge in [-0.2, -0.15) is 0 Å². The summed E-state index contributed by atoms with van der Waals surface area (Å²) in [5.41, 5.74) is 1.01. The lowest BCUT2D eigenvalue weighted by molar-refractivity contribution is -0.127. The van der Waals surface area contributed by atoms with E-state index in [9.17, 15) is 4.79 Å². The van der Waals surface area contributed by atoms with Crippen LogP contribution in [0, 0.1) is 0 Å². The minimum atomic E-state index is -0.553. The maximum absolute atomic E-state index is 12.2. The highest BCUT2D eigenvalue weighted by molar-refractivity contribution is 5.81. The lowest BCUT2D eigenvalue weighted by Gasteiger charge is -2.19. The van der Waals surface area contributed by atoms with Crippen molar-refractivity contribution >= 4 is 5.91 Å². The van der Waals surface area contributed by atoms with Crippen LogP contribution >= 0.6 is 0 Å². The van der Waals surface area contributed by atoms with Gasteiger partial charge in [-0.1, -0.05) is 30.3 Å². The number of carbonyl (C=O) groups excluding carboxylic acids is 1. The molecule has 0 saturated carbocycles.